The quantitative estimate of drug-likeness (QED) is 0.489. The van der Waals surface area contributed by atoms with Gasteiger partial charge < -0.3 is 14.7 Å². The standard InChI is InChI=1S/C27H39N3O3/c1-5-22-16-28-27(29-17-22)30-11-8-23(9-12-30)20(3)10-13-33-24-6-7-25(21(4)15-24)26(32)14-19(2)18-31/h6-7,15-17,19-20,23,31H,5,8-14,18H2,1-4H3/t19-,20+/m0/s1. The lowest BCUT2D eigenvalue weighted by atomic mass is 9.84. The van der Waals surface area contributed by atoms with E-state index in [1.165, 1.54) is 5.56 Å². The molecule has 1 aliphatic rings. The number of benzene rings is 1. The molecule has 1 saturated heterocycles. The van der Waals surface area contributed by atoms with Crippen molar-refractivity contribution in [3.63, 3.8) is 0 Å². The normalized spacial score (nSPS) is 16.5. The van der Waals surface area contributed by atoms with Crippen LogP contribution in [0.3, 0.4) is 0 Å². The summed E-state index contributed by atoms with van der Waals surface area (Å²) in [6, 6.07) is 5.69. The van der Waals surface area contributed by atoms with Gasteiger partial charge in [0, 0.05) is 44.1 Å². The van der Waals surface area contributed by atoms with E-state index in [-0.39, 0.29) is 18.3 Å². The van der Waals surface area contributed by atoms with Crippen LogP contribution in [0.1, 0.15) is 67.9 Å². The number of Topliss-reactive ketones (excluding diaryl/α,β-unsaturated/α-hetero) is 1. The number of ketones is 1. The molecular weight excluding hydrogens is 414 g/mol. The van der Waals surface area contributed by atoms with Crippen molar-refractivity contribution in [2.24, 2.45) is 17.8 Å². The van der Waals surface area contributed by atoms with Gasteiger partial charge in [-0.2, -0.15) is 0 Å². The van der Waals surface area contributed by atoms with Gasteiger partial charge in [-0.3, -0.25) is 4.79 Å². The van der Waals surface area contributed by atoms with Crippen molar-refractivity contribution in [3.8, 4) is 5.75 Å². The number of aliphatic hydroxyl groups is 1. The number of piperidine rings is 1. The number of rotatable bonds is 11. The molecule has 0 amide bonds. The molecule has 1 fully saturated rings. The Morgan fingerprint density at radius 3 is 2.52 bits per heavy atom. The van der Waals surface area contributed by atoms with E-state index in [2.05, 4.69) is 28.7 Å². The maximum absolute atomic E-state index is 12.4. The highest BCUT2D eigenvalue weighted by Gasteiger charge is 2.25. The van der Waals surface area contributed by atoms with Crippen molar-refractivity contribution < 1.29 is 14.6 Å². The van der Waals surface area contributed by atoms with E-state index in [1.807, 2.05) is 44.4 Å². The number of aliphatic hydroxyl groups excluding tert-OH is 1. The van der Waals surface area contributed by atoms with Crippen molar-refractivity contribution in [1.29, 1.82) is 0 Å². The lowest BCUT2D eigenvalue weighted by Crippen LogP contribution is -2.37. The highest BCUT2D eigenvalue weighted by molar-refractivity contribution is 5.97. The van der Waals surface area contributed by atoms with Crippen LogP contribution in [-0.2, 0) is 6.42 Å². The van der Waals surface area contributed by atoms with Crippen molar-refractivity contribution >= 4 is 11.7 Å². The number of aromatic nitrogens is 2. The Kier molecular flexibility index (Phi) is 9.24. The van der Waals surface area contributed by atoms with Crippen LogP contribution >= 0.6 is 0 Å². The minimum atomic E-state index is -0.0182. The smallest absolute Gasteiger partial charge is 0.225 e. The molecule has 180 valence electrons. The third-order valence-corrected chi connectivity index (χ3v) is 6.91. The number of ether oxygens (including phenoxy) is 1. The second-order valence-electron chi connectivity index (χ2n) is 9.58. The fourth-order valence-electron chi connectivity index (χ4n) is 4.49. The molecule has 0 saturated carbocycles. The van der Waals surface area contributed by atoms with Crippen molar-refractivity contribution in [3.05, 3.63) is 47.3 Å². The fourth-order valence-corrected chi connectivity index (χ4v) is 4.49. The van der Waals surface area contributed by atoms with Gasteiger partial charge in [-0.15, -0.1) is 0 Å². The molecule has 0 aliphatic carbocycles. The third-order valence-electron chi connectivity index (χ3n) is 6.91. The molecule has 6 nitrogen and oxygen atoms in total. The Morgan fingerprint density at radius 1 is 1.21 bits per heavy atom. The van der Waals surface area contributed by atoms with E-state index in [1.54, 1.807) is 0 Å². The molecule has 0 bridgehead atoms. The maximum Gasteiger partial charge on any atom is 0.225 e. The SMILES string of the molecule is CCc1cnc(N2CCC([C@H](C)CCOc3ccc(C(=O)C[C@H](C)CO)c(C)c3)CC2)nc1. The molecule has 1 N–H and O–H groups in total. The van der Waals surface area contributed by atoms with Gasteiger partial charge in [0.1, 0.15) is 5.75 Å². The first-order chi connectivity index (χ1) is 15.9. The highest BCUT2D eigenvalue weighted by Crippen LogP contribution is 2.29. The number of hydrogen-bond acceptors (Lipinski definition) is 6. The fraction of sp³-hybridized carbons (Fsp3) is 0.593. The van der Waals surface area contributed by atoms with Gasteiger partial charge in [0.05, 0.1) is 6.61 Å². The molecule has 0 radical (unpaired) electrons. The Morgan fingerprint density at radius 2 is 1.91 bits per heavy atom. The van der Waals surface area contributed by atoms with E-state index in [0.717, 1.165) is 61.6 Å². The summed E-state index contributed by atoms with van der Waals surface area (Å²) in [6.07, 6.45) is 8.53. The largest absolute Gasteiger partial charge is 0.494 e. The summed E-state index contributed by atoms with van der Waals surface area (Å²) < 4.78 is 6.02. The van der Waals surface area contributed by atoms with E-state index in [9.17, 15) is 9.90 Å². The highest BCUT2D eigenvalue weighted by atomic mass is 16.5. The molecule has 2 atom stereocenters. The molecule has 2 aromatic rings. The molecule has 3 rings (SSSR count). The minimum Gasteiger partial charge on any atom is -0.494 e. The number of aryl methyl sites for hydroxylation is 2. The molecule has 1 aliphatic heterocycles. The molecule has 2 heterocycles. The topological polar surface area (TPSA) is 75.6 Å². The lowest BCUT2D eigenvalue weighted by molar-refractivity contribution is 0.0943. The number of nitrogens with zero attached hydrogens (tertiary/aromatic N) is 3. The van der Waals surface area contributed by atoms with Gasteiger partial charge in [-0.25, -0.2) is 9.97 Å². The Labute approximate surface area is 198 Å². The van der Waals surface area contributed by atoms with Crippen molar-refractivity contribution in [2.75, 3.05) is 31.2 Å². The van der Waals surface area contributed by atoms with Gasteiger partial charge in [-0.1, -0.05) is 20.8 Å². The number of carbonyl (C=O) groups excluding carboxylic acids is 1. The van der Waals surface area contributed by atoms with Gasteiger partial charge in [0.25, 0.3) is 0 Å². The summed E-state index contributed by atoms with van der Waals surface area (Å²) in [5.41, 5.74) is 2.82. The molecule has 6 heteroatoms. The predicted octanol–water partition coefficient (Wildman–Crippen LogP) is 4.87. The number of anilines is 1. The van der Waals surface area contributed by atoms with Crippen LogP contribution in [0, 0.1) is 24.7 Å². The first-order valence-corrected chi connectivity index (χ1v) is 12.3. The predicted molar refractivity (Wildman–Crippen MR) is 132 cm³/mol. The average molecular weight is 454 g/mol. The molecule has 1 aromatic carbocycles. The zero-order chi connectivity index (χ0) is 23.8. The zero-order valence-corrected chi connectivity index (χ0v) is 20.6. The average Bonchev–Trinajstić information content (AvgIpc) is 2.84. The summed E-state index contributed by atoms with van der Waals surface area (Å²) in [4.78, 5) is 23.8. The van der Waals surface area contributed by atoms with E-state index >= 15 is 0 Å². The van der Waals surface area contributed by atoms with Crippen LogP contribution in [0.25, 0.3) is 0 Å². The van der Waals surface area contributed by atoms with Crippen LogP contribution < -0.4 is 9.64 Å². The monoisotopic (exact) mass is 453 g/mol. The van der Waals surface area contributed by atoms with Crippen LogP contribution in [0.4, 0.5) is 5.95 Å². The summed E-state index contributed by atoms with van der Waals surface area (Å²) in [5, 5.41) is 9.18. The minimum absolute atomic E-state index is 0.0182. The molecule has 0 unspecified atom stereocenters. The summed E-state index contributed by atoms with van der Waals surface area (Å²) in [6.45, 7) is 11.0. The van der Waals surface area contributed by atoms with Gasteiger partial charge in [0.15, 0.2) is 5.78 Å². The number of hydrogen-bond donors (Lipinski definition) is 1. The van der Waals surface area contributed by atoms with Crippen LogP contribution in [0.2, 0.25) is 0 Å². The first kappa shape index (κ1) is 25.2. The van der Waals surface area contributed by atoms with Crippen LogP contribution in [0.5, 0.6) is 5.75 Å². The summed E-state index contributed by atoms with van der Waals surface area (Å²) in [7, 11) is 0. The second kappa shape index (κ2) is 12.1. The van der Waals surface area contributed by atoms with Gasteiger partial charge in [0.2, 0.25) is 5.95 Å². The summed E-state index contributed by atoms with van der Waals surface area (Å²) in [5.74, 6) is 3.01. The van der Waals surface area contributed by atoms with Crippen LogP contribution in [0.15, 0.2) is 30.6 Å². The number of carbonyl (C=O) groups is 1. The van der Waals surface area contributed by atoms with Crippen LogP contribution in [-0.4, -0.2) is 47.2 Å². The third kappa shape index (κ3) is 7.00. The first-order valence-electron chi connectivity index (χ1n) is 12.3. The molecule has 33 heavy (non-hydrogen) atoms. The zero-order valence-electron chi connectivity index (χ0n) is 20.6. The summed E-state index contributed by atoms with van der Waals surface area (Å²) >= 11 is 0. The lowest BCUT2D eigenvalue weighted by Gasteiger charge is -2.35. The van der Waals surface area contributed by atoms with E-state index in [4.69, 9.17) is 4.74 Å². The molecular formula is C27H39N3O3. The van der Waals surface area contributed by atoms with Gasteiger partial charge >= 0.3 is 0 Å². The Hall–Kier alpha value is -2.47. The molecule has 1 aromatic heterocycles. The Balaban J connectivity index is 1.42. The van der Waals surface area contributed by atoms with Gasteiger partial charge in [-0.05, 0) is 79.7 Å². The van der Waals surface area contributed by atoms with E-state index in [0.29, 0.717) is 24.9 Å². The Bertz CT molecular complexity index is 892. The van der Waals surface area contributed by atoms with E-state index < -0.39 is 0 Å². The van der Waals surface area contributed by atoms with Crippen molar-refractivity contribution in [2.45, 2.75) is 59.8 Å². The molecule has 0 spiro atoms. The second-order valence-corrected chi connectivity index (χ2v) is 9.58. The van der Waals surface area contributed by atoms with Crippen molar-refractivity contribution in [1.82, 2.24) is 9.97 Å². The maximum atomic E-state index is 12.4.